The van der Waals surface area contributed by atoms with Crippen LogP contribution in [0.25, 0.3) is 0 Å². The van der Waals surface area contributed by atoms with E-state index < -0.39 is 0 Å². The standard InChI is InChI=1S/C17H25BrN2/c1-12-3-2-8-20(17(12)11-19)16-7-5-13-9-15(18)6-4-14(13)10-16/h4,6,9,12,16-17H,2-3,5,7-8,10-11,19H2,1H3. The van der Waals surface area contributed by atoms with Crippen molar-refractivity contribution in [3.63, 3.8) is 0 Å². The van der Waals surface area contributed by atoms with Gasteiger partial charge in [0, 0.05) is 23.1 Å². The number of fused-ring (bicyclic) bond motifs is 1. The topological polar surface area (TPSA) is 29.3 Å². The van der Waals surface area contributed by atoms with Crippen molar-refractivity contribution in [3.05, 3.63) is 33.8 Å². The minimum atomic E-state index is 0.589. The van der Waals surface area contributed by atoms with Crippen molar-refractivity contribution in [1.82, 2.24) is 4.90 Å². The summed E-state index contributed by atoms with van der Waals surface area (Å²) in [7, 11) is 0. The Hall–Kier alpha value is -0.380. The number of piperidine rings is 1. The molecule has 3 unspecified atom stereocenters. The van der Waals surface area contributed by atoms with Crippen LogP contribution >= 0.6 is 15.9 Å². The van der Waals surface area contributed by atoms with E-state index >= 15 is 0 Å². The molecule has 3 rings (SSSR count). The van der Waals surface area contributed by atoms with Gasteiger partial charge in [0.1, 0.15) is 0 Å². The van der Waals surface area contributed by atoms with Crippen LogP contribution in [0.4, 0.5) is 0 Å². The third-order valence-corrected chi connectivity index (χ3v) is 5.73. The Balaban J connectivity index is 1.77. The second kappa shape index (κ2) is 6.17. The minimum absolute atomic E-state index is 0.589. The molecule has 1 saturated heterocycles. The SMILES string of the molecule is CC1CCCN(C2CCc3cc(Br)ccc3C2)C1CN. The zero-order chi connectivity index (χ0) is 14.1. The number of aryl methyl sites for hydroxylation is 1. The Morgan fingerprint density at radius 1 is 1.30 bits per heavy atom. The van der Waals surface area contributed by atoms with E-state index in [9.17, 15) is 0 Å². The molecule has 0 radical (unpaired) electrons. The number of hydrogen-bond acceptors (Lipinski definition) is 2. The molecule has 2 aliphatic rings. The van der Waals surface area contributed by atoms with E-state index in [0.29, 0.717) is 12.1 Å². The highest BCUT2D eigenvalue weighted by Gasteiger charge is 2.33. The van der Waals surface area contributed by atoms with Crippen LogP contribution in [0.15, 0.2) is 22.7 Å². The van der Waals surface area contributed by atoms with Gasteiger partial charge in [-0.3, -0.25) is 4.90 Å². The third-order valence-electron chi connectivity index (χ3n) is 5.24. The molecule has 0 aromatic heterocycles. The molecule has 1 aromatic rings. The first-order chi connectivity index (χ1) is 9.69. The van der Waals surface area contributed by atoms with Gasteiger partial charge in [-0.1, -0.05) is 28.9 Å². The Labute approximate surface area is 130 Å². The van der Waals surface area contributed by atoms with Crippen LogP contribution in [0, 0.1) is 5.92 Å². The summed E-state index contributed by atoms with van der Waals surface area (Å²) in [6, 6.07) is 8.06. The van der Waals surface area contributed by atoms with E-state index in [-0.39, 0.29) is 0 Å². The van der Waals surface area contributed by atoms with Gasteiger partial charge in [0.2, 0.25) is 0 Å². The number of likely N-dealkylation sites (tertiary alicyclic amines) is 1. The first kappa shape index (κ1) is 14.6. The minimum Gasteiger partial charge on any atom is -0.329 e. The van der Waals surface area contributed by atoms with E-state index in [4.69, 9.17) is 5.73 Å². The van der Waals surface area contributed by atoms with Gasteiger partial charge in [0.25, 0.3) is 0 Å². The van der Waals surface area contributed by atoms with Gasteiger partial charge >= 0.3 is 0 Å². The summed E-state index contributed by atoms with van der Waals surface area (Å²) in [5, 5.41) is 0. The molecule has 0 amide bonds. The molecular formula is C17H25BrN2. The van der Waals surface area contributed by atoms with Gasteiger partial charge in [-0.05, 0) is 67.8 Å². The first-order valence-electron chi connectivity index (χ1n) is 7.92. The molecule has 1 heterocycles. The van der Waals surface area contributed by atoms with Gasteiger partial charge < -0.3 is 5.73 Å². The number of halogens is 1. The summed E-state index contributed by atoms with van der Waals surface area (Å²) < 4.78 is 1.21. The zero-order valence-corrected chi connectivity index (χ0v) is 13.9. The Bertz CT molecular complexity index is 474. The fourth-order valence-electron chi connectivity index (χ4n) is 4.09. The molecule has 20 heavy (non-hydrogen) atoms. The van der Waals surface area contributed by atoms with Crippen molar-refractivity contribution in [2.75, 3.05) is 13.1 Å². The summed E-state index contributed by atoms with van der Waals surface area (Å²) in [4.78, 5) is 2.72. The lowest BCUT2D eigenvalue weighted by molar-refractivity contribution is 0.0557. The van der Waals surface area contributed by atoms with Gasteiger partial charge in [0.15, 0.2) is 0 Å². The maximum Gasteiger partial charge on any atom is 0.0247 e. The smallest absolute Gasteiger partial charge is 0.0247 e. The molecule has 110 valence electrons. The molecule has 1 aromatic carbocycles. The summed E-state index contributed by atoms with van der Waals surface area (Å²) >= 11 is 3.58. The maximum atomic E-state index is 6.06. The molecule has 1 fully saturated rings. The van der Waals surface area contributed by atoms with E-state index in [2.05, 4.69) is 46.0 Å². The fraction of sp³-hybridized carbons (Fsp3) is 0.647. The zero-order valence-electron chi connectivity index (χ0n) is 12.3. The van der Waals surface area contributed by atoms with Crippen LogP contribution in [0.1, 0.15) is 37.3 Å². The number of nitrogens with zero attached hydrogens (tertiary/aromatic N) is 1. The average Bonchev–Trinajstić information content (AvgIpc) is 2.46. The van der Waals surface area contributed by atoms with Gasteiger partial charge in [0.05, 0.1) is 0 Å². The van der Waals surface area contributed by atoms with E-state index in [1.807, 2.05) is 0 Å². The highest BCUT2D eigenvalue weighted by molar-refractivity contribution is 9.10. The molecule has 3 atom stereocenters. The summed E-state index contributed by atoms with van der Waals surface area (Å²) in [6.07, 6.45) is 6.37. The molecule has 2 N–H and O–H groups in total. The van der Waals surface area contributed by atoms with Crippen molar-refractivity contribution in [2.45, 2.75) is 51.1 Å². The van der Waals surface area contributed by atoms with E-state index in [1.54, 1.807) is 5.56 Å². The average molecular weight is 337 g/mol. The molecule has 1 aliphatic heterocycles. The molecule has 1 aliphatic carbocycles. The lowest BCUT2D eigenvalue weighted by atomic mass is 9.83. The van der Waals surface area contributed by atoms with E-state index in [1.165, 1.54) is 48.7 Å². The fourth-order valence-corrected chi connectivity index (χ4v) is 4.50. The van der Waals surface area contributed by atoms with Gasteiger partial charge in [-0.25, -0.2) is 0 Å². The Morgan fingerprint density at radius 3 is 2.95 bits per heavy atom. The molecule has 2 nitrogen and oxygen atoms in total. The van der Waals surface area contributed by atoms with Crippen molar-refractivity contribution >= 4 is 15.9 Å². The number of rotatable bonds is 2. The van der Waals surface area contributed by atoms with Crippen LogP contribution in [0.2, 0.25) is 0 Å². The molecular weight excluding hydrogens is 312 g/mol. The second-order valence-corrected chi connectivity index (χ2v) is 7.39. The van der Waals surface area contributed by atoms with Crippen LogP contribution in [-0.2, 0) is 12.8 Å². The molecule has 3 heteroatoms. The van der Waals surface area contributed by atoms with Gasteiger partial charge in [-0.2, -0.15) is 0 Å². The Morgan fingerprint density at radius 2 is 2.15 bits per heavy atom. The van der Waals surface area contributed by atoms with Crippen molar-refractivity contribution < 1.29 is 0 Å². The van der Waals surface area contributed by atoms with Gasteiger partial charge in [-0.15, -0.1) is 0 Å². The summed E-state index contributed by atoms with van der Waals surface area (Å²) in [6.45, 7) is 4.42. The van der Waals surface area contributed by atoms with E-state index in [0.717, 1.165) is 12.5 Å². The monoisotopic (exact) mass is 336 g/mol. The lowest BCUT2D eigenvalue weighted by Gasteiger charge is -2.45. The molecule has 0 bridgehead atoms. The normalized spacial score (nSPS) is 31.1. The molecule has 0 spiro atoms. The van der Waals surface area contributed by atoms with Crippen LogP contribution < -0.4 is 5.73 Å². The van der Waals surface area contributed by atoms with Crippen LogP contribution in [0.5, 0.6) is 0 Å². The highest BCUT2D eigenvalue weighted by atomic mass is 79.9. The number of benzene rings is 1. The van der Waals surface area contributed by atoms with Crippen LogP contribution in [-0.4, -0.2) is 30.1 Å². The quantitative estimate of drug-likeness (QED) is 0.897. The largest absolute Gasteiger partial charge is 0.329 e. The highest BCUT2D eigenvalue weighted by Crippen LogP contribution is 2.32. The number of nitrogens with two attached hydrogens (primary N) is 1. The maximum absolute atomic E-state index is 6.06. The lowest BCUT2D eigenvalue weighted by Crippen LogP contribution is -2.54. The van der Waals surface area contributed by atoms with Crippen molar-refractivity contribution in [1.29, 1.82) is 0 Å². The number of hydrogen-bond donors (Lipinski definition) is 1. The summed E-state index contributed by atoms with van der Waals surface area (Å²) in [5.74, 6) is 0.750. The van der Waals surface area contributed by atoms with Crippen molar-refractivity contribution in [2.24, 2.45) is 11.7 Å². The predicted octanol–water partition coefficient (Wildman–Crippen LogP) is 3.37. The Kier molecular flexibility index (Phi) is 4.49. The predicted molar refractivity (Wildman–Crippen MR) is 87.9 cm³/mol. The summed E-state index contributed by atoms with van der Waals surface area (Å²) in [5.41, 5.74) is 9.13. The van der Waals surface area contributed by atoms with Crippen molar-refractivity contribution in [3.8, 4) is 0 Å². The molecule has 0 saturated carbocycles. The van der Waals surface area contributed by atoms with Crippen LogP contribution in [0.3, 0.4) is 0 Å². The third kappa shape index (κ3) is 2.81. The first-order valence-corrected chi connectivity index (χ1v) is 8.71. The second-order valence-electron chi connectivity index (χ2n) is 6.47.